The summed E-state index contributed by atoms with van der Waals surface area (Å²) in [6.45, 7) is 3.78. The summed E-state index contributed by atoms with van der Waals surface area (Å²) < 4.78 is 2.64. The van der Waals surface area contributed by atoms with Gasteiger partial charge in [0.25, 0.3) is 5.56 Å². The molecule has 144 valence electrons. The third kappa shape index (κ3) is 3.15. The fourth-order valence-corrected chi connectivity index (χ4v) is 3.59. The van der Waals surface area contributed by atoms with E-state index in [1.807, 2.05) is 26.0 Å². The highest BCUT2D eigenvalue weighted by atomic mass is 16.2. The number of aryl methyl sites for hydroxylation is 1. The average Bonchev–Trinajstić information content (AvgIpc) is 3.49. The normalized spacial score (nSPS) is 14.8. The van der Waals surface area contributed by atoms with Crippen LogP contribution in [0.25, 0.3) is 16.6 Å². The number of fused-ring (bicyclic) bond motifs is 1. The van der Waals surface area contributed by atoms with Crippen LogP contribution in [0.5, 0.6) is 0 Å². The molecule has 0 bridgehead atoms. The molecule has 1 aliphatic carbocycles. The molecule has 1 amide bonds. The van der Waals surface area contributed by atoms with Gasteiger partial charge in [0, 0.05) is 6.04 Å². The van der Waals surface area contributed by atoms with Gasteiger partial charge >= 0.3 is 5.69 Å². The Morgan fingerprint density at radius 2 is 1.89 bits per heavy atom. The summed E-state index contributed by atoms with van der Waals surface area (Å²) in [5.74, 6) is -0.174. The summed E-state index contributed by atoms with van der Waals surface area (Å²) in [5.41, 5.74) is 1.07. The van der Waals surface area contributed by atoms with Crippen LogP contribution in [0.15, 0.2) is 58.1 Å². The lowest BCUT2D eigenvalue weighted by molar-refractivity contribution is -0.124. The molecule has 1 aromatic heterocycles. The minimum Gasteiger partial charge on any atom is -0.352 e. The van der Waals surface area contributed by atoms with E-state index < -0.39 is 11.7 Å². The molecule has 2 aromatic carbocycles. The SMILES string of the molecule is CCC(C(=O)NC1CC1)n1c(=O)n(-c2cccc(C)c2)c(=O)c2ccccc21. The Labute approximate surface area is 162 Å². The quantitative estimate of drug-likeness (QED) is 0.743. The van der Waals surface area contributed by atoms with Gasteiger partial charge in [0.2, 0.25) is 5.91 Å². The van der Waals surface area contributed by atoms with Crippen molar-refractivity contribution < 1.29 is 4.79 Å². The van der Waals surface area contributed by atoms with Crippen LogP contribution >= 0.6 is 0 Å². The summed E-state index contributed by atoms with van der Waals surface area (Å²) in [5, 5.41) is 3.41. The molecule has 6 nitrogen and oxygen atoms in total. The van der Waals surface area contributed by atoms with Crippen molar-refractivity contribution >= 4 is 16.8 Å². The summed E-state index contributed by atoms with van der Waals surface area (Å²) in [6.07, 6.45) is 2.40. The van der Waals surface area contributed by atoms with Crippen molar-refractivity contribution in [3.8, 4) is 5.69 Å². The summed E-state index contributed by atoms with van der Waals surface area (Å²) in [7, 11) is 0. The van der Waals surface area contributed by atoms with E-state index in [4.69, 9.17) is 0 Å². The second-order valence-electron chi connectivity index (χ2n) is 7.36. The molecule has 1 N–H and O–H groups in total. The van der Waals surface area contributed by atoms with E-state index in [0.717, 1.165) is 18.4 Å². The second-order valence-corrected chi connectivity index (χ2v) is 7.36. The molecular formula is C22H23N3O3. The standard InChI is InChI=1S/C22H23N3O3/c1-3-18(20(26)23-15-11-12-15)25-19-10-5-4-9-17(19)21(27)24(22(25)28)16-8-6-7-14(2)13-16/h4-10,13,15,18H,3,11-12H2,1-2H3,(H,23,26). The summed E-state index contributed by atoms with van der Waals surface area (Å²) in [6, 6.07) is 13.8. The van der Waals surface area contributed by atoms with Crippen molar-refractivity contribution in [2.24, 2.45) is 0 Å². The monoisotopic (exact) mass is 377 g/mol. The van der Waals surface area contributed by atoms with E-state index in [1.165, 1.54) is 9.13 Å². The number of carbonyl (C=O) groups is 1. The second kappa shape index (κ2) is 7.11. The highest BCUT2D eigenvalue weighted by molar-refractivity contribution is 5.85. The maximum Gasteiger partial charge on any atom is 0.336 e. The molecule has 0 saturated heterocycles. The third-order valence-electron chi connectivity index (χ3n) is 5.18. The van der Waals surface area contributed by atoms with Gasteiger partial charge in [-0.3, -0.25) is 14.2 Å². The summed E-state index contributed by atoms with van der Waals surface area (Å²) in [4.78, 5) is 39.4. The summed E-state index contributed by atoms with van der Waals surface area (Å²) >= 11 is 0. The maximum absolute atomic E-state index is 13.5. The van der Waals surface area contributed by atoms with E-state index in [0.29, 0.717) is 23.0 Å². The predicted molar refractivity (Wildman–Crippen MR) is 109 cm³/mol. The number of aromatic nitrogens is 2. The molecule has 1 unspecified atom stereocenters. The fourth-order valence-electron chi connectivity index (χ4n) is 3.59. The Morgan fingerprint density at radius 1 is 1.14 bits per heavy atom. The number of nitrogens with one attached hydrogen (secondary N) is 1. The molecule has 4 rings (SSSR count). The van der Waals surface area contributed by atoms with Crippen LogP contribution in [0, 0.1) is 6.92 Å². The van der Waals surface area contributed by atoms with Gasteiger partial charge in [-0.25, -0.2) is 9.36 Å². The molecule has 1 saturated carbocycles. The molecule has 6 heteroatoms. The van der Waals surface area contributed by atoms with Crippen molar-refractivity contribution in [3.63, 3.8) is 0 Å². The van der Waals surface area contributed by atoms with E-state index in [-0.39, 0.29) is 17.5 Å². The zero-order valence-corrected chi connectivity index (χ0v) is 16.0. The molecular weight excluding hydrogens is 354 g/mol. The van der Waals surface area contributed by atoms with Gasteiger partial charge in [-0.15, -0.1) is 0 Å². The maximum atomic E-state index is 13.5. The molecule has 28 heavy (non-hydrogen) atoms. The fraction of sp³-hybridized carbons (Fsp3) is 0.318. The molecule has 0 radical (unpaired) electrons. The van der Waals surface area contributed by atoms with Crippen LogP contribution in [0.2, 0.25) is 0 Å². The Bertz CT molecular complexity index is 1170. The minimum absolute atomic E-state index is 0.174. The van der Waals surface area contributed by atoms with Crippen molar-refractivity contribution in [1.29, 1.82) is 0 Å². The van der Waals surface area contributed by atoms with Crippen LogP contribution in [-0.2, 0) is 4.79 Å². The van der Waals surface area contributed by atoms with Gasteiger partial charge < -0.3 is 5.32 Å². The third-order valence-corrected chi connectivity index (χ3v) is 5.18. The lowest BCUT2D eigenvalue weighted by Crippen LogP contribution is -2.44. The molecule has 3 aromatic rings. The van der Waals surface area contributed by atoms with Gasteiger partial charge in [-0.2, -0.15) is 0 Å². The van der Waals surface area contributed by atoms with E-state index in [2.05, 4.69) is 5.32 Å². The van der Waals surface area contributed by atoms with E-state index >= 15 is 0 Å². The van der Waals surface area contributed by atoms with Gasteiger partial charge in [0.15, 0.2) is 0 Å². The lowest BCUT2D eigenvalue weighted by Gasteiger charge is -2.21. The zero-order valence-electron chi connectivity index (χ0n) is 16.0. The number of amides is 1. The average molecular weight is 377 g/mol. The highest BCUT2D eigenvalue weighted by Crippen LogP contribution is 2.22. The Balaban J connectivity index is 2.01. The largest absolute Gasteiger partial charge is 0.352 e. The molecule has 0 aliphatic heterocycles. The predicted octanol–water partition coefficient (Wildman–Crippen LogP) is 2.69. The van der Waals surface area contributed by atoms with Crippen molar-refractivity contribution in [2.75, 3.05) is 0 Å². The van der Waals surface area contributed by atoms with Crippen LogP contribution in [0.3, 0.4) is 0 Å². The van der Waals surface area contributed by atoms with Gasteiger partial charge in [0.05, 0.1) is 16.6 Å². The van der Waals surface area contributed by atoms with Crippen LogP contribution in [0.1, 0.15) is 37.8 Å². The van der Waals surface area contributed by atoms with Crippen molar-refractivity contribution in [1.82, 2.24) is 14.5 Å². The Hall–Kier alpha value is -3.15. The van der Waals surface area contributed by atoms with E-state index in [1.54, 1.807) is 36.4 Å². The number of nitrogens with zero attached hydrogens (tertiary/aromatic N) is 2. The smallest absolute Gasteiger partial charge is 0.336 e. The van der Waals surface area contributed by atoms with Gasteiger partial charge in [0.1, 0.15) is 6.04 Å². The van der Waals surface area contributed by atoms with Gasteiger partial charge in [-0.1, -0.05) is 31.2 Å². The van der Waals surface area contributed by atoms with Crippen LogP contribution in [0.4, 0.5) is 0 Å². The Kier molecular flexibility index (Phi) is 4.63. The first kappa shape index (κ1) is 18.2. The number of hydrogen-bond donors (Lipinski definition) is 1. The first-order valence-electron chi connectivity index (χ1n) is 9.65. The minimum atomic E-state index is -0.672. The number of benzene rings is 2. The van der Waals surface area contributed by atoms with Crippen molar-refractivity contribution in [2.45, 2.75) is 45.2 Å². The molecule has 1 aliphatic rings. The highest BCUT2D eigenvalue weighted by Gasteiger charge is 2.30. The van der Waals surface area contributed by atoms with E-state index in [9.17, 15) is 14.4 Å². The van der Waals surface area contributed by atoms with Crippen molar-refractivity contribution in [3.05, 3.63) is 74.9 Å². The zero-order chi connectivity index (χ0) is 19.8. The number of rotatable bonds is 5. The number of para-hydroxylation sites is 1. The topological polar surface area (TPSA) is 73.1 Å². The van der Waals surface area contributed by atoms with Crippen LogP contribution < -0.4 is 16.6 Å². The number of carbonyl (C=O) groups excluding carboxylic acids is 1. The van der Waals surface area contributed by atoms with Gasteiger partial charge in [-0.05, 0) is 56.0 Å². The molecule has 1 heterocycles. The molecule has 0 spiro atoms. The van der Waals surface area contributed by atoms with Crippen LogP contribution in [-0.4, -0.2) is 21.1 Å². The first-order valence-corrected chi connectivity index (χ1v) is 9.65. The number of hydrogen-bond acceptors (Lipinski definition) is 3. The lowest BCUT2D eigenvalue weighted by atomic mass is 10.1. The molecule has 1 atom stereocenters. The molecule has 1 fully saturated rings. The Morgan fingerprint density at radius 3 is 2.57 bits per heavy atom. The first-order chi connectivity index (χ1) is 13.5.